The predicted molar refractivity (Wildman–Crippen MR) is 78.6 cm³/mol. The van der Waals surface area contributed by atoms with E-state index in [0.29, 0.717) is 0 Å². The number of aromatic nitrogens is 3. The van der Waals surface area contributed by atoms with Crippen LogP contribution in [0, 0.1) is 6.92 Å². The van der Waals surface area contributed by atoms with Crippen LogP contribution in [0.1, 0.15) is 56.3 Å². The van der Waals surface area contributed by atoms with Crippen molar-refractivity contribution in [1.82, 2.24) is 14.5 Å². The van der Waals surface area contributed by atoms with Gasteiger partial charge in [-0.05, 0) is 51.2 Å². The maximum Gasteiger partial charge on any atom is 0.160 e. The maximum atomic E-state index is 6.35. The number of hydrogen-bond acceptors (Lipinski definition) is 2. The summed E-state index contributed by atoms with van der Waals surface area (Å²) in [6.07, 6.45) is 6.74. The molecule has 0 spiro atoms. The summed E-state index contributed by atoms with van der Waals surface area (Å²) in [5.41, 5.74) is 3.30. The Morgan fingerprint density at radius 2 is 2.21 bits per heavy atom. The third kappa shape index (κ3) is 1.86. The predicted octanol–water partition coefficient (Wildman–Crippen LogP) is 4.33. The summed E-state index contributed by atoms with van der Waals surface area (Å²) in [5.74, 6) is 0.969. The smallest absolute Gasteiger partial charge is 0.160 e. The number of alkyl halides is 1. The summed E-state index contributed by atoms with van der Waals surface area (Å²) >= 11 is 6.35. The van der Waals surface area contributed by atoms with Gasteiger partial charge in [0.05, 0.1) is 5.38 Å². The molecule has 0 amide bonds. The Bertz CT molecular complexity index is 606. The SMILES string of the molecule is CCC1(n2c(C(C)Cl)nc3cc(C)cnc32)CCC1. The lowest BCUT2D eigenvalue weighted by atomic mass is 9.74. The van der Waals surface area contributed by atoms with Crippen molar-refractivity contribution in [2.45, 2.75) is 57.4 Å². The summed E-state index contributed by atoms with van der Waals surface area (Å²) in [5, 5.41) is -0.0847. The number of halogens is 1. The second kappa shape index (κ2) is 4.48. The molecule has 4 heteroatoms. The first kappa shape index (κ1) is 12.9. The van der Waals surface area contributed by atoms with Crippen LogP contribution in [0.3, 0.4) is 0 Å². The van der Waals surface area contributed by atoms with Gasteiger partial charge in [-0.25, -0.2) is 9.97 Å². The monoisotopic (exact) mass is 277 g/mol. The van der Waals surface area contributed by atoms with Crippen molar-refractivity contribution in [3.8, 4) is 0 Å². The fourth-order valence-corrected chi connectivity index (χ4v) is 3.28. The van der Waals surface area contributed by atoms with Crippen LogP contribution in [0.5, 0.6) is 0 Å². The van der Waals surface area contributed by atoms with Gasteiger partial charge in [0.15, 0.2) is 5.65 Å². The van der Waals surface area contributed by atoms with Crippen LogP contribution >= 0.6 is 11.6 Å². The van der Waals surface area contributed by atoms with Gasteiger partial charge in [0.25, 0.3) is 0 Å². The van der Waals surface area contributed by atoms with E-state index in [1.807, 2.05) is 20.0 Å². The van der Waals surface area contributed by atoms with Crippen molar-refractivity contribution in [2.75, 3.05) is 0 Å². The fourth-order valence-electron chi connectivity index (χ4n) is 3.14. The number of pyridine rings is 1. The molecule has 1 unspecified atom stereocenters. The highest BCUT2D eigenvalue weighted by molar-refractivity contribution is 6.20. The van der Waals surface area contributed by atoms with Crippen molar-refractivity contribution >= 4 is 22.8 Å². The summed E-state index contributed by atoms with van der Waals surface area (Å²) in [6, 6.07) is 2.10. The van der Waals surface area contributed by atoms with Crippen molar-refractivity contribution in [3.63, 3.8) is 0 Å². The minimum atomic E-state index is -0.0847. The molecule has 3 rings (SSSR count). The highest BCUT2D eigenvalue weighted by atomic mass is 35.5. The molecule has 3 nitrogen and oxygen atoms in total. The van der Waals surface area contributed by atoms with Gasteiger partial charge in [-0.3, -0.25) is 0 Å². The molecule has 1 saturated carbocycles. The summed E-state index contributed by atoms with van der Waals surface area (Å²) in [6.45, 7) is 6.30. The van der Waals surface area contributed by atoms with Gasteiger partial charge in [-0.15, -0.1) is 11.6 Å². The highest BCUT2D eigenvalue weighted by Gasteiger charge is 2.40. The quantitative estimate of drug-likeness (QED) is 0.782. The minimum Gasteiger partial charge on any atom is -0.305 e. The van der Waals surface area contributed by atoms with Crippen LogP contribution in [-0.4, -0.2) is 14.5 Å². The molecule has 102 valence electrons. The number of rotatable bonds is 3. The molecule has 0 radical (unpaired) electrons. The molecule has 2 aromatic rings. The van der Waals surface area contributed by atoms with Crippen LogP contribution in [0.4, 0.5) is 0 Å². The topological polar surface area (TPSA) is 30.7 Å². The van der Waals surface area contributed by atoms with Crippen molar-refractivity contribution in [2.24, 2.45) is 0 Å². The van der Waals surface area contributed by atoms with Crippen LogP contribution in [0.25, 0.3) is 11.2 Å². The van der Waals surface area contributed by atoms with E-state index in [2.05, 4.69) is 22.5 Å². The number of imidazole rings is 1. The fraction of sp³-hybridized carbons (Fsp3) is 0.600. The first-order chi connectivity index (χ1) is 9.07. The highest BCUT2D eigenvalue weighted by Crippen LogP contribution is 2.45. The average molecular weight is 278 g/mol. The van der Waals surface area contributed by atoms with E-state index >= 15 is 0 Å². The molecule has 1 fully saturated rings. The van der Waals surface area contributed by atoms with Gasteiger partial charge < -0.3 is 4.57 Å². The Hall–Kier alpha value is -1.09. The molecule has 0 N–H and O–H groups in total. The van der Waals surface area contributed by atoms with Gasteiger partial charge in [0.1, 0.15) is 11.3 Å². The van der Waals surface area contributed by atoms with Gasteiger partial charge in [0.2, 0.25) is 0 Å². The maximum absolute atomic E-state index is 6.35. The average Bonchev–Trinajstić information content (AvgIpc) is 2.68. The standard InChI is InChI=1S/C15H20ClN3/c1-4-15(6-5-7-15)19-13(11(3)16)18-12-8-10(2)9-17-14(12)19/h8-9,11H,4-7H2,1-3H3. The molecule has 19 heavy (non-hydrogen) atoms. The van der Waals surface area contributed by atoms with Gasteiger partial charge in [-0.1, -0.05) is 6.92 Å². The second-order valence-electron chi connectivity index (χ2n) is 5.71. The summed E-state index contributed by atoms with van der Waals surface area (Å²) < 4.78 is 2.32. The van der Waals surface area contributed by atoms with E-state index in [4.69, 9.17) is 16.6 Å². The normalized spacial score (nSPS) is 19.4. The van der Waals surface area contributed by atoms with Gasteiger partial charge in [0, 0.05) is 11.7 Å². The third-order valence-electron chi connectivity index (χ3n) is 4.43. The largest absolute Gasteiger partial charge is 0.305 e. The molecule has 1 aliphatic carbocycles. The van der Waals surface area contributed by atoms with Crippen LogP contribution in [0.2, 0.25) is 0 Å². The van der Waals surface area contributed by atoms with E-state index in [0.717, 1.165) is 29.0 Å². The molecule has 2 aromatic heterocycles. The van der Waals surface area contributed by atoms with E-state index < -0.39 is 0 Å². The first-order valence-electron chi connectivity index (χ1n) is 7.07. The van der Waals surface area contributed by atoms with E-state index in [9.17, 15) is 0 Å². The van der Waals surface area contributed by atoms with Crippen LogP contribution in [-0.2, 0) is 5.54 Å². The molecule has 1 atom stereocenters. The zero-order valence-electron chi connectivity index (χ0n) is 11.8. The Labute approximate surface area is 119 Å². The molecule has 0 bridgehead atoms. The van der Waals surface area contributed by atoms with Gasteiger partial charge >= 0.3 is 0 Å². The first-order valence-corrected chi connectivity index (χ1v) is 7.50. The molecular weight excluding hydrogens is 258 g/mol. The molecule has 1 aliphatic rings. The number of fused-ring (bicyclic) bond motifs is 1. The number of aryl methyl sites for hydroxylation is 1. The molecule has 0 saturated heterocycles. The zero-order chi connectivity index (χ0) is 13.6. The summed E-state index contributed by atoms with van der Waals surface area (Å²) in [7, 11) is 0. The lowest BCUT2D eigenvalue weighted by molar-refractivity contribution is 0.136. The molecule has 2 heterocycles. The Balaban J connectivity index is 2.28. The zero-order valence-corrected chi connectivity index (χ0v) is 12.5. The Morgan fingerprint density at radius 1 is 1.47 bits per heavy atom. The van der Waals surface area contributed by atoms with E-state index in [-0.39, 0.29) is 10.9 Å². The molecule has 0 aromatic carbocycles. The van der Waals surface area contributed by atoms with Crippen LogP contribution in [0.15, 0.2) is 12.3 Å². The number of nitrogens with zero attached hydrogens (tertiary/aromatic N) is 3. The molecular formula is C15H20ClN3. The Kier molecular flexibility index (Phi) is 3.05. The summed E-state index contributed by atoms with van der Waals surface area (Å²) in [4.78, 5) is 9.36. The van der Waals surface area contributed by atoms with Crippen LogP contribution < -0.4 is 0 Å². The lowest BCUT2D eigenvalue weighted by Crippen LogP contribution is -2.41. The van der Waals surface area contributed by atoms with E-state index in [1.165, 1.54) is 19.3 Å². The van der Waals surface area contributed by atoms with Crippen molar-refractivity contribution in [3.05, 3.63) is 23.7 Å². The second-order valence-corrected chi connectivity index (χ2v) is 6.36. The van der Waals surface area contributed by atoms with Crippen molar-refractivity contribution < 1.29 is 0 Å². The number of hydrogen-bond donors (Lipinski definition) is 0. The third-order valence-corrected chi connectivity index (χ3v) is 4.63. The van der Waals surface area contributed by atoms with Crippen molar-refractivity contribution in [1.29, 1.82) is 0 Å². The minimum absolute atomic E-state index is 0.0847. The lowest BCUT2D eigenvalue weighted by Gasteiger charge is -2.43. The Morgan fingerprint density at radius 3 is 2.74 bits per heavy atom. The van der Waals surface area contributed by atoms with E-state index in [1.54, 1.807) is 0 Å². The molecule has 0 aliphatic heterocycles. The van der Waals surface area contributed by atoms with Gasteiger partial charge in [-0.2, -0.15) is 0 Å².